The van der Waals surface area contributed by atoms with Gasteiger partial charge < -0.3 is 14.8 Å². The molecule has 0 aliphatic heterocycles. The Morgan fingerprint density at radius 3 is 2.70 bits per heavy atom. The van der Waals surface area contributed by atoms with Crippen molar-refractivity contribution >= 4 is 5.95 Å². The highest BCUT2D eigenvalue weighted by Crippen LogP contribution is 2.37. The van der Waals surface area contributed by atoms with Gasteiger partial charge in [-0.25, -0.2) is 4.98 Å². The van der Waals surface area contributed by atoms with Gasteiger partial charge in [-0.15, -0.1) is 0 Å². The molecule has 1 atom stereocenters. The average molecular weight is 278 g/mol. The number of nitrogens with one attached hydrogen (secondary N) is 1. The molecular weight excluding hydrogens is 248 g/mol. The molecule has 0 amide bonds. The van der Waals surface area contributed by atoms with Crippen molar-refractivity contribution in [1.29, 1.82) is 0 Å². The summed E-state index contributed by atoms with van der Waals surface area (Å²) in [5.74, 6) is 1.07. The quantitative estimate of drug-likeness (QED) is 0.751. The van der Waals surface area contributed by atoms with E-state index in [2.05, 4.69) is 53.7 Å². The van der Waals surface area contributed by atoms with Crippen molar-refractivity contribution in [3.8, 4) is 0 Å². The van der Waals surface area contributed by atoms with Crippen LogP contribution in [0, 0.1) is 6.92 Å². The Labute approximate surface area is 123 Å². The predicted molar refractivity (Wildman–Crippen MR) is 85.3 cm³/mol. The van der Waals surface area contributed by atoms with Gasteiger partial charge in [0, 0.05) is 18.3 Å². The number of anilines is 1. The highest BCUT2D eigenvalue weighted by Gasteiger charge is 2.26. The van der Waals surface area contributed by atoms with Crippen molar-refractivity contribution in [3.63, 3.8) is 0 Å². The monoisotopic (exact) mass is 278 g/mol. The van der Waals surface area contributed by atoms with Crippen LogP contribution in [0.3, 0.4) is 0 Å². The summed E-state index contributed by atoms with van der Waals surface area (Å²) >= 11 is 0. The van der Waals surface area contributed by atoms with Gasteiger partial charge >= 0.3 is 0 Å². The molecule has 1 aliphatic rings. The average Bonchev–Trinajstić information content (AvgIpc) is 3.20. The molecule has 1 aliphatic carbocycles. The summed E-state index contributed by atoms with van der Waals surface area (Å²) in [6.45, 7) is 12.3. The number of aromatic nitrogens is 2. The number of hydrogen-bond donors (Lipinski definition) is 1. The number of imidazole rings is 1. The standard InChI is InChI=1S/C16H30N4/c1-5-19(6-2)11-7-8-13(3)17-16-18-14(4)12-20(16)15-9-10-15/h12-13,15H,5-11H2,1-4H3,(H,17,18). The third-order valence-corrected chi connectivity index (χ3v) is 4.17. The first-order valence-electron chi connectivity index (χ1n) is 8.18. The summed E-state index contributed by atoms with van der Waals surface area (Å²) < 4.78 is 2.33. The summed E-state index contributed by atoms with van der Waals surface area (Å²) in [4.78, 5) is 7.12. The van der Waals surface area contributed by atoms with E-state index in [0.717, 1.165) is 24.7 Å². The van der Waals surface area contributed by atoms with Gasteiger partial charge in [0.05, 0.1) is 5.69 Å². The van der Waals surface area contributed by atoms with Crippen LogP contribution < -0.4 is 5.32 Å². The van der Waals surface area contributed by atoms with E-state index in [1.54, 1.807) is 0 Å². The van der Waals surface area contributed by atoms with Gasteiger partial charge in [-0.1, -0.05) is 13.8 Å². The molecule has 1 unspecified atom stereocenters. The number of aryl methyl sites for hydroxylation is 1. The van der Waals surface area contributed by atoms with Gasteiger partial charge in [0.25, 0.3) is 0 Å². The molecule has 1 saturated carbocycles. The normalized spacial score (nSPS) is 16.6. The third kappa shape index (κ3) is 4.23. The molecule has 0 radical (unpaired) electrons. The fraction of sp³-hybridized carbons (Fsp3) is 0.812. The zero-order chi connectivity index (χ0) is 14.5. The Bertz CT molecular complexity index is 405. The van der Waals surface area contributed by atoms with Crippen molar-refractivity contribution in [1.82, 2.24) is 14.5 Å². The van der Waals surface area contributed by atoms with Crippen LogP contribution in [-0.2, 0) is 0 Å². The lowest BCUT2D eigenvalue weighted by Gasteiger charge is -2.20. The minimum atomic E-state index is 0.491. The molecule has 1 aromatic heterocycles. The van der Waals surface area contributed by atoms with Gasteiger partial charge in [0.1, 0.15) is 0 Å². The second-order valence-electron chi connectivity index (χ2n) is 6.06. The molecule has 1 fully saturated rings. The lowest BCUT2D eigenvalue weighted by Crippen LogP contribution is -2.26. The van der Waals surface area contributed by atoms with Crippen molar-refractivity contribution in [2.24, 2.45) is 0 Å². The number of rotatable bonds is 9. The Kier molecular flexibility index (Phi) is 5.46. The summed E-state index contributed by atoms with van der Waals surface area (Å²) in [5, 5.41) is 3.60. The van der Waals surface area contributed by atoms with Crippen LogP contribution in [0.4, 0.5) is 5.95 Å². The second-order valence-corrected chi connectivity index (χ2v) is 6.06. The number of hydrogen-bond acceptors (Lipinski definition) is 3. The molecule has 1 heterocycles. The fourth-order valence-corrected chi connectivity index (χ4v) is 2.71. The largest absolute Gasteiger partial charge is 0.353 e. The summed E-state index contributed by atoms with van der Waals surface area (Å²) in [5.41, 5.74) is 1.12. The predicted octanol–water partition coefficient (Wildman–Crippen LogP) is 3.45. The first-order valence-corrected chi connectivity index (χ1v) is 8.18. The lowest BCUT2D eigenvalue weighted by molar-refractivity contribution is 0.295. The van der Waals surface area contributed by atoms with E-state index in [1.807, 2.05) is 0 Å². The van der Waals surface area contributed by atoms with Crippen molar-refractivity contribution < 1.29 is 0 Å². The molecule has 20 heavy (non-hydrogen) atoms. The van der Waals surface area contributed by atoms with Crippen LogP contribution >= 0.6 is 0 Å². The van der Waals surface area contributed by atoms with Crippen molar-refractivity contribution in [2.75, 3.05) is 25.0 Å². The maximum Gasteiger partial charge on any atom is 0.203 e. The minimum Gasteiger partial charge on any atom is -0.353 e. The fourth-order valence-electron chi connectivity index (χ4n) is 2.71. The van der Waals surface area contributed by atoms with Crippen LogP contribution in [0.15, 0.2) is 6.20 Å². The second kappa shape index (κ2) is 7.11. The van der Waals surface area contributed by atoms with Crippen molar-refractivity contribution in [3.05, 3.63) is 11.9 Å². The summed E-state index contributed by atoms with van der Waals surface area (Å²) in [6, 6.07) is 1.19. The van der Waals surface area contributed by atoms with Gasteiger partial charge in [-0.2, -0.15) is 0 Å². The van der Waals surface area contributed by atoms with E-state index in [4.69, 9.17) is 0 Å². The minimum absolute atomic E-state index is 0.491. The van der Waals surface area contributed by atoms with E-state index < -0.39 is 0 Å². The molecule has 1 N–H and O–H groups in total. The summed E-state index contributed by atoms with van der Waals surface area (Å²) in [6.07, 6.45) is 7.25. The molecule has 1 aromatic rings. The van der Waals surface area contributed by atoms with E-state index in [1.165, 1.54) is 32.2 Å². The summed E-state index contributed by atoms with van der Waals surface area (Å²) in [7, 11) is 0. The molecule has 4 nitrogen and oxygen atoms in total. The third-order valence-electron chi connectivity index (χ3n) is 4.17. The Hall–Kier alpha value is -1.03. The van der Waals surface area contributed by atoms with Crippen LogP contribution in [0.2, 0.25) is 0 Å². The van der Waals surface area contributed by atoms with Crippen LogP contribution in [0.1, 0.15) is 58.2 Å². The smallest absolute Gasteiger partial charge is 0.203 e. The first-order chi connectivity index (χ1) is 9.63. The molecule has 0 aromatic carbocycles. The molecular formula is C16H30N4. The van der Waals surface area contributed by atoms with Gasteiger partial charge in [-0.05, 0) is 59.2 Å². The van der Waals surface area contributed by atoms with Gasteiger partial charge in [-0.3, -0.25) is 0 Å². The van der Waals surface area contributed by atoms with Gasteiger partial charge in [0.2, 0.25) is 5.95 Å². The van der Waals surface area contributed by atoms with Gasteiger partial charge in [0.15, 0.2) is 0 Å². The van der Waals surface area contributed by atoms with E-state index in [-0.39, 0.29) is 0 Å². The van der Waals surface area contributed by atoms with E-state index in [9.17, 15) is 0 Å². The number of nitrogens with zero attached hydrogens (tertiary/aromatic N) is 3. The molecule has 0 bridgehead atoms. The highest BCUT2D eigenvalue weighted by molar-refractivity contribution is 5.31. The molecule has 114 valence electrons. The topological polar surface area (TPSA) is 33.1 Å². The van der Waals surface area contributed by atoms with E-state index >= 15 is 0 Å². The Morgan fingerprint density at radius 1 is 1.40 bits per heavy atom. The Balaban J connectivity index is 1.78. The van der Waals surface area contributed by atoms with Crippen LogP contribution in [0.5, 0.6) is 0 Å². The highest BCUT2D eigenvalue weighted by atomic mass is 15.2. The zero-order valence-electron chi connectivity index (χ0n) is 13.5. The van der Waals surface area contributed by atoms with Crippen LogP contribution in [-0.4, -0.2) is 40.1 Å². The zero-order valence-corrected chi connectivity index (χ0v) is 13.5. The SMILES string of the molecule is CCN(CC)CCCC(C)Nc1nc(C)cn1C1CC1. The van der Waals surface area contributed by atoms with E-state index in [0.29, 0.717) is 12.1 Å². The Morgan fingerprint density at radius 2 is 2.10 bits per heavy atom. The van der Waals surface area contributed by atoms with Crippen LogP contribution in [0.25, 0.3) is 0 Å². The molecule has 0 saturated heterocycles. The maximum absolute atomic E-state index is 4.63. The lowest BCUT2D eigenvalue weighted by atomic mass is 10.2. The van der Waals surface area contributed by atoms with Crippen molar-refractivity contribution in [2.45, 2.75) is 65.5 Å². The maximum atomic E-state index is 4.63. The molecule has 4 heteroatoms. The molecule has 0 spiro atoms. The molecule has 2 rings (SSSR count). The first kappa shape index (κ1) is 15.4.